The van der Waals surface area contributed by atoms with Gasteiger partial charge in [0.25, 0.3) is 0 Å². The van der Waals surface area contributed by atoms with Crippen LogP contribution in [0.25, 0.3) is 0 Å². The number of nitrogens with zero attached hydrogens (tertiary/aromatic N) is 2. The first-order valence-electron chi connectivity index (χ1n) is 7.07. The number of carboxylic acid groups (broad SMARTS) is 1. The van der Waals surface area contributed by atoms with Crippen molar-refractivity contribution in [2.24, 2.45) is 0 Å². The minimum absolute atomic E-state index is 0.109. The molecule has 1 saturated heterocycles. The van der Waals surface area contributed by atoms with E-state index in [1.165, 1.54) is 0 Å². The lowest BCUT2D eigenvalue weighted by atomic mass is 10.3. The van der Waals surface area contributed by atoms with Crippen LogP contribution in [0.5, 0.6) is 0 Å². The van der Waals surface area contributed by atoms with Gasteiger partial charge in [-0.1, -0.05) is 0 Å². The van der Waals surface area contributed by atoms with Crippen LogP contribution in [0.1, 0.15) is 17.9 Å². The summed E-state index contributed by atoms with van der Waals surface area (Å²) >= 11 is 0. The monoisotopic (exact) mass is 295 g/mol. The first kappa shape index (κ1) is 15.4. The smallest absolute Gasteiger partial charge is 0.317 e. The van der Waals surface area contributed by atoms with Crippen molar-refractivity contribution in [3.8, 4) is 0 Å². The summed E-state index contributed by atoms with van der Waals surface area (Å²) in [5.74, 6) is 0.774. The van der Waals surface area contributed by atoms with Crippen LogP contribution in [0.4, 0.5) is 4.79 Å². The zero-order valence-electron chi connectivity index (χ0n) is 12.2. The van der Waals surface area contributed by atoms with Crippen LogP contribution in [-0.4, -0.2) is 59.6 Å². The molecular formula is C14H21N3O4. The number of piperazine rings is 1. The number of amides is 2. The molecule has 21 heavy (non-hydrogen) atoms. The lowest BCUT2D eigenvalue weighted by molar-refractivity contribution is -0.137. The van der Waals surface area contributed by atoms with Crippen molar-refractivity contribution in [1.82, 2.24) is 15.1 Å². The summed E-state index contributed by atoms with van der Waals surface area (Å²) in [7, 11) is 0. The van der Waals surface area contributed by atoms with Crippen molar-refractivity contribution in [2.45, 2.75) is 19.9 Å². The molecule has 1 aliphatic heterocycles. The number of aryl methyl sites for hydroxylation is 1. The predicted molar refractivity (Wildman–Crippen MR) is 75.9 cm³/mol. The van der Waals surface area contributed by atoms with Crippen molar-refractivity contribution in [3.05, 3.63) is 23.7 Å². The Balaban J connectivity index is 1.69. The quantitative estimate of drug-likeness (QED) is 0.842. The van der Waals surface area contributed by atoms with E-state index >= 15 is 0 Å². The highest BCUT2D eigenvalue weighted by Gasteiger charge is 2.21. The third-order valence-corrected chi connectivity index (χ3v) is 3.51. The van der Waals surface area contributed by atoms with Crippen LogP contribution in [0.15, 0.2) is 16.5 Å². The SMILES string of the molecule is Cc1ccc(CNC(=O)N2CCN(CCC(=O)O)CC2)o1. The Hall–Kier alpha value is -2.02. The maximum atomic E-state index is 12.0. The van der Waals surface area contributed by atoms with Crippen molar-refractivity contribution in [2.75, 3.05) is 32.7 Å². The number of nitrogens with one attached hydrogen (secondary N) is 1. The molecule has 0 atom stereocenters. The minimum atomic E-state index is -0.788. The van der Waals surface area contributed by atoms with Gasteiger partial charge in [0.05, 0.1) is 13.0 Å². The number of carboxylic acids is 1. The average molecular weight is 295 g/mol. The molecule has 1 fully saturated rings. The zero-order chi connectivity index (χ0) is 15.2. The Bertz CT molecular complexity index is 492. The van der Waals surface area contributed by atoms with Gasteiger partial charge in [0, 0.05) is 32.7 Å². The van der Waals surface area contributed by atoms with Gasteiger partial charge in [-0.25, -0.2) is 4.79 Å². The second kappa shape index (κ2) is 7.12. The van der Waals surface area contributed by atoms with E-state index in [9.17, 15) is 9.59 Å². The Morgan fingerprint density at radius 2 is 2.00 bits per heavy atom. The van der Waals surface area contributed by atoms with Crippen molar-refractivity contribution < 1.29 is 19.1 Å². The van der Waals surface area contributed by atoms with E-state index in [1.54, 1.807) is 4.90 Å². The van der Waals surface area contributed by atoms with Crippen LogP contribution < -0.4 is 5.32 Å². The summed E-state index contributed by atoms with van der Waals surface area (Å²) in [6.45, 7) is 5.43. The maximum Gasteiger partial charge on any atom is 0.317 e. The molecule has 2 rings (SSSR count). The molecule has 1 aromatic heterocycles. The van der Waals surface area contributed by atoms with Crippen molar-refractivity contribution in [3.63, 3.8) is 0 Å². The third-order valence-electron chi connectivity index (χ3n) is 3.51. The number of urea groups is 1. The van der Waals surface area contributed by atoms with Gasteiger partial charge in [-0.2, -0.15) is 0 Å². The molecule has 7 heteroatoms. The molecule has 7 nitrogen and oxygen atoms in total. The summed E-state index contributed by atoms with van der Waals surface area (Å²) < 4.78 is 5.40. The summed E-state index contributed by atoms with van der Waals surface area (Å²) in [5.41, 5.74) is 0. The molecule has 0 spiro atoms. The number of aliphatic carboxylic acids is 1. The van der Waals surface area contributed by atoms with Crippen LogP contribution in [0.3, 0.4) is 0 Å². The molecule has 0 unspecified atom stereocenters. The number of carbonyl (C=O) groups excluding carboxylic acids is 1. The fraction of sp³-hybridized carbons (Fsp3) is 0.571. The summed E-state index contributed by atoms with van der Waals surface area (Å²) in [4.78, 5) is 26.3. The average Bonchev–Trinajstić information content (AvgIpc) is 2.89. The number of furan rings is 1. The molecule has 0 aromatic carbocycles. The second-order valence-electron chi connectivity index (χ2n) is 5.14. The standard InChI is InChI=1S/C14H21N3O4/c1-11-2-3-12(21-11)10-15-14(20)17-8-6-16(7-9-17)5-4-13(18)19/h2-3H,4-10H2,1H3,(H,15,20)(H,18,19). The van der Waals surface area contributed by atoms with Gasteiger partial charge in [-0.15, -0.1) is 0 Å². The molecule has 2 heterocycles. The van der Waals surface area contributed by atoms with Crippen LogP contribution in [-0.2, 0) is 11.3 Å². The normalized spacial score (nSPS) is 16.0. The third kappa shape index (κ3) is 4.78. The summed E-state index contributed by atoms with van der Waals surface area (Å²) in [5, 5.41) is 11.5. The summed E-state index contributed by atoms with van der Waals surface area (Å²) in [6.07, 6.45) is 0.143. The van der Waals surface area contributed by atoms with E-state index in [4.69, 9.17) is 9.52 Å². The highest BCUT2D eigenvalue weighted by molar-refractivity contribution is 5.74. The first-order valence-corrected chi connectivity index (χ1v) is 7.07. The molecule has 0 aliphatic carbocycles. The predicted octanol–water partition coefficient (Wildman–Crippen LogP) is 0.890. The fourth-order valence-electron chi connectivity index (χ4n) is 2.28. The Kier molecular flexibility index (Phi) is 5.21. The van der Waals surface area contributed by atoms with Crippen molar-refractivity contribution in [1.29, 1.82) is 0 Å². The van der Waals surface area contributed by atoms with E-state index < -0.39 is 5.97 Å². The fourth-order valence-corrected chi connectivity index (χ4v) is 2.28. The van der Waals surface area contributed by atoms with Crippen molar-refractivity contribution >= 4 is 12.0 Å². The van der Waals surface area contributed by atoms with Gasteiger partial charge in [0.2, 0.25) is 0 Å². The number of hydrogen-bond donors (Lipinski definition) is 2. The Morgan fingerprint density at radius 3 is 2.57 bits per heavy atom. The van der Waals surface area contributed by atoms with E-state index in [0.717, 1.165) is 11.5 Å². The van der Waals surface area contributed by atoms with Crippen LogP contribution in [0, 0.1) is 6.92 Å². The molecule has 116 valence electrons. The van der Waals surface area contributed by atoms with E-state index in [0.29, 0.717) is 39.3 Å². The molecule has 0 bridgehead atoms. The highest BCUT2D eigenvalue weighted by Crippen LogP contribution is 2.07. The van der Waals surface area contributed by atoms with Gasteiger partial charge < -0.3 is 19.7 Å². The Labute approximate surface area is 123 Å². The molecule has 0 radical (unpaired) electrons. The van der Waals surface area contributed by atoms with Crippen LogP contribution >= 0.6 is 0 Å². The van der Waals surface area contributed by atoms with Crippen LogP contribution in [0.2, 0.25) is 0 Å². The second-order valence-corrected chi connectivity index (χ2v) is 5.14. The zero-order valence-corrected chi connectivity index (χ0v) is 12.2. The van der Waals surface area contributed by atoms with Gasteiger partial charge >= 0.3 is 12.0 Å². The van der Waals surface area contributed by atoms with Gasteiger partial charge in [0.1, 0.15) is 11.5 Å². The van der Waals surface area contributed by atoms with E-state index in [1.807, 2.05) is 19.1 Å². The first-order chi connectivity index (χ1) is 10.0. The van der Waals surface area contributed by atoms with Gasteiger partial charge in [-0.05, 0) is 19.1 Å². The molecule has 1 aromatic rings. The number of rotatable bonds is 5. The molecule has 2 amide bonds. The molecule has 2 N–H and O–H groups in total. The van der Waals surface area contributed by atoms with E-state index in [-0.39, 0.29) is 12.5 Å². The number of carbonyl (C=O) groups is 2. The lowest BCUT2D eigenvalue weighted by Gasteiger charge is -2.34. The number of hydrogen-bond acceptors (Lipinski definition) is 4. The van der Waals surface area contributed by atoms with Gasteiger partial charge in [-0.3, -0.25) is 9.69 Å². The largest absolute Gasteiger partial charge is 0.481 e. The Morgan fingerprint density at radius 1 is 1.29 bits per heavy atom. The molecule has 1 aliphatic rings. The molecule has 0 saturated carbocycles. The maximum absolute atomic E-state index is 12.0. The van der Waals surface area contributed by atoms with Gasteiger partial charge in [0.15, 0.2) is 0 Å². The summed E-state index contributed by atoms with van der Waals surface area (Å²) in [6, 6.07) is 3.60. The topological polar surface area (TPSA) is 86.0 Å². The minimum Gasteiger partial charge on any atom is -0.481 e. The highest BCUT2D eigenvalue weighted by atomic mass is 16.4. The lowest BCUT2D eigenvalue weighted by Crippen LogP contribution is -2.51. The molecular weight excluding hydrogens is 274 g/mol. The van der Waals surface area contributed by atoms with E-state index in [2.05, 4.69) is 10.2 Å².